The van der Waals surface area contributed by atoms with Crippen molar-refractivity contribution >= 4 is 22.6 Å². The van der Waals surface area contributed by atoms with Gasteiger partial charge in [0.1, 0.15) is 18.2 Å². The van der Waals surface area contributed by atoms with Gasteiger partial charge in [0.15, 0.2) is 0 Å². The fraction of sp³-hybridized carbons (Fsp3) is 0.182. The third kappa shape index (κ3) is 3.53. The zero-order valence-electron chi connectivity index (χ0n) is 15.7. The SMILES string of the molecule is CCc1nc2ccc(-n3ccc(OCc4ccc(Cl)cc4)cc3=O)cc2n1C. The van der Waals surface area contributed by atoms with Gasteiger partial charge in [-0.3, -0.25) is 9.36 Å². The van der Waals surface area contributed by atoms with E-state index in [1.165, 1.54) is 6.07 Å². The summed E-state index contributed by atoms with van der Waals surface area (Å²) in [7, 11) is 1.99. The molecular formula is C22H20ClN3O2. The molecule has 0 saturated heterocycles. The van der Waals surface area contributed by atoms with Crippen molar-refractivity contribution < 1.29 is 4.74 Å². The summed E-state index contributed by atoms with van der Waals surface area (Å²) < 4.78 is 9.41. The molecule has 5 nitrogen and oxygen atoms in total. The minimum Gasteiger partial charge on any atom is -0.489 e. The molecular weight excluding hydrogens is 374 g/mol. The van der Waals surface area contributed by atoms with Crippen LogP contribution in [-0.4, -0.2) is 14.1 Å². The number of nitrogens with zero attached hydrogens (tertiary/aromatic N) is 3. The van der Waals surface area contributed by atoms with Crippen LogP contribution in [0.15, 0.2) is 65.6 Å². The molecule has 0 radical (unpaired) electrons. The van der Waals surface area contributed by atoms with E-state index in [-0.39, 0.29) is 5.56 Å². The molecule has 0 saturated carbocycles. The highest BCUT2D eigenvalue weighted by Gasteiger charge is 2.09. The first-order valence-electron chi connectivity index (χ1n) is 9.11. The highest BCUT2D eigenvalue weighted by Crippen LogP contribution is 2.20. The van der Waals surface area contributed by atoms with Gasteiger partial charge in [-0.05, 0) is 42.0 Å². The van der Waals surface area contributed by atoms with Crippen molar-refractivity contribution in [2.75, 3.05) is 0 Å². The third-order valence-corrected chi connectivity index (χ3v) is 5.01. The summed E-state index contributed by atoms with van der Waals surface area (Å²) in [5, 5.41) is 0.683. The van der Waals surface area contributed by atoms with Crippen molar-refractivity contribution in [3.8, 4) is 11.4 Å². The van der Waals surface area contributed by atoms with Gasteiger partial charge in [-0.15, -0.1) is 0 Å². The van der Waals surface area contributed by atoms with E-state index in [1.807, 2.05) is 49.5 Å². The molecule has 28 heavy (non-hydrogen) atoms. The molecule has 0 aliphatic heterocycles. The number of rotatable bonds is 5. The van der Waals surface area contributed by atoms with Crippen molar-refractivity contribution in [3.05, 3.63) is 87.6 Å². The van der Waals surface area contributed by atoms with Crippen LogP contribution in [0.1, 0.15) is 18.3 Å². The van der Waals surface area contributed by atoms with Gasteiger partial charge in [0.05, 0.1) is 16.7 Å². The van der Waals surface area contributed by atoms with Crippen LogP contribution in [-0.2, 0) is 20.1 Å². The van der Waals surface area contributed by atoms with E-state index in [2.05, 4.69) is 16.5 Å². The average Bonchev–Trinajstić information content (AvgIpc) is 3.03. The summed E-state index contributed by atoms with van der Waals surface area (Å²) in [6.45, 7) is 2.46. The lowest BCUT2D eigenvalue weighted by atomic mass is 10.2. The highest BCUT2D eigenvalue weighted by atomic mass is 35.5. The number of imidazole rings is 1. The molecule has 2 aromatic carbocycles. The van der Waals surface area contributed by atoms with Crippen LogP contribution in [0.5, 0.6) is 5.75 Å². The third-order valence-electron chi connectivity index (χ3n) is 4.76. The average molecular weight is 394 g/mol. The predicted octanol–water partition coefficient (Wildman–Crippen LogP) is 4.52. The van der Waals surface area contributed by atoms with Crippen LogP contribution in [0.2, 0.25) is 5.02 Å². The van der Waals surface area contributed by atoms with Gasteiger partial charge in [0.25, 0.3) is 5.56 Å². The Bertz CT molecular complexity index is 1190. The number of aromatic nitrogens is 3. The maximum atomic E-state index is 12.6. The number of halogens is 1. The van der Waals surface area contributed by atoms with Gasteiger partial charge < -0.3 is 9.30 Å². The number of hydrogen-bond acceptors (Lipinski definition) is 3. The van der Waals surface area contributed by atoms with Gasteiger partial charge >= 0.3 is 0 Å². The summed E-state index contributed by atoms with van der Waals surface area (Å²) in [4.78, 5) is 17.2. The number of pyridine rings is 1. The van der Waals surface area contributed by atoms with Crippen LogP contribution in [0.3, 0.4) is 0 Å². The first-order chi connectivity index (χ1) is 13.5. The normalized spacial score (nSPS) is 11.1. The smallest absolute Gasteiger partial charge is 0.258 e. The van der Waals surface area contributed by atoms with Gasteiger partial charge in [-0.2, -0.15) is 0 Å². The van der Waals surface area contributed by atoms with E-state index in [4.69, 9.17) is 16.3 Å². The lowest BCUT2D eigenvalue weighted by Gasteiger charge is -2.09. The lowest BCUT2D eigenvalue weighted by Crippen LogP contribution is -2.16. The molecule has 0 bridgehead atoms. The summed E-state index contributed by atoms with van der Waals surface area (Å²) in [5.41, 5.74) is 3.57. The second-order valence-electron chi connectivity index (χ2n) is 6.60. The Kier molecular flexibility index (Phi) is 4.92. The number of fused-ring (bicyclic) bond motifs is 1. The molecule has 0 N–H and O–H groups in total. The van der Waals surface area contributed by atoms with Crippen LogP contribution in [0.25, 0.3) is 16.7 Å². The van der Waals surface area contributed by atoms with E-state index in [9.17, 15) is 4.79 Å². The lowest BCUT2D eigenvalue weighted by molar-refractivity contribution is 0.305. The van der Waals surface area contributed by atoms with Gasteiger partial charge in [-0.1, -0.05) is 30.7 Å². The maximum absolute atomic E-state index is 12.6. The Morgan fingerprint density at radius 3 is 2.57 bits per heavy atom. The fourth-order valence-corrected chi connectivity index (χ4v) is 3.33. The monoisotopic (exact) mass is 393 g/mol. The molecule has 0 atom stereocenters. The fourth-order valence-electron chi connectivity index (χ4n) is 3.21. The van der Waals surface area contributed by atoms with Gasteiger partial charge in [0.2, 0.25) is 0 Å². The highest BCUT2D eigenvalue weighted by molar-refractivity contribution is 6.30. The zero-order chi connectivity index (χ0) is 19.7. The molecule has 4 rings (SSSR count). The molecule has 0 amide bonds. The molecule has 2 heterocycles. The maximum Gasteiger partial charge on any atom is 0.258 e. The molecule has 2 aromatic heterocycles. The number of ether oxygens (including phenoxy) is 1. The zero-order valence-corrected chi connectivity index (χ0v) is 16.5. The van der Waals surface area contributed by atoms with Crippen molar-refractivity contribution in [1.29, 1.82) is 0 Å². The van der Waals surface area contributed by atoms with Crippen LogP contribution < -0.4 is 10.3 Å². The van der Waals surface area contributed by atoms with Crippen molar-refractivity contribution in [3.63, 3.8) is 0 Å². The summed E-state index contributed by atoms with van der Waals surface area (Å²) in [5.74, 6) is 1.55. The number of benzene rings is 2. The second-order valence-corrected chi connectivity index (χ2v) is 7.04. The van der Waals surface area contributed by atoms with Crippen LogP contribution >= 0.6 is 11.6 Å². The molecule has 0 aliphatic rings. The molecule has 0 aliphatic carbocycles. The molecule has 142 valence electrons. The molecule has 0 spiro atoms. The van der Waals surface area contributed by atoms with E-state index < -0.39 is 0 Å². The Morgan fingerprint density at radius 2 is 1.86 bits per heavy atom. The van der Waals surface area contributed by atoms with E-state index >= 15 is 0 Å². The standard InChI is InChI=1S/C22H20ClN3O2/c1-3-21-24-19-9-8-17(12-20(19)25(21)2)26-11-10-18(13-22(26)27)28-14-15-4-6-16(23)7-5-15/h4-13H,3,14H2,1-2H3. The quantitative estimate of drug-likeness (QED) is 0.501. The first kappa shape index (κ1) is 18.3. The van der Waals surface area contributed by atoms with E-state index in [0.29, 0.717) is 17.4 Å². The number of hydrogen-bond donors (Lipinski definition) is 0. The molecule has 6 heteroatoms. The summed E-state index contributed by atoms with van der Waals surface area (Å²) in [6, 6.07) is 16.6. The van der Waals surface area contributed by atoms with Crippen LogP contribution in [0, 0.1) is 0 Å². The number of aryl methyl sites for hydroxylation is 2. The first-order valence-corrected chi connectivity index (χ1v) is 9.48. The van der Waals surface area contributed by atoms with Crippen LogP contribution in [0.4, 0.5) is 0 Å². The Labute approximate surface area is 167 Å². The minimum atomic E-state index is -0.147. The van der Waals surface area contributed by atoms with E-state index in [1.54, 1.807) is 16.8 Å². The second kappa shape index (κ2) is 7.52. The Balaban J connectivity index is 1.59. The summed E-state index contributed by atoms with van der Waals surface area (Å²) in [6.07, 6.45) is 2.60. The predicted molar refractivity (Wildman–Crippen MR) is 111 cm³/mol. The minimum absolute atomic E-state index is 0.147. The molecule has 0 fully saturated rings. The van der Waals surface area contributed by atoms with Crippen molar-refractivity contribution in [2.45, 2.75) is 20.0 Å². The van der Waals surface area contributed by atoms with Crippen molar-refractivity contribution in [2.24, 2.45) is 7.05 Å². The van der Waals surface area contributed by atoms with E-state index in [0.717, 1.165) is 34.5 Å². The topological polar surface area (TPSA) is 49.1 Å². The Morgan fingerprint density at radius 1 is 1.07 bits per heavy atom. The molecule has 0 unspecified atom stereocenters. The van der Waals surface area contributed by atoms with Gasteiger partial charge in [-0.25, -0.2) is 4.98 Å². The van der Waals surface area contributed by atoms with Crippen molar-refractivity contribution in [1.82, 2.24) is 14.1 Å². The molecule has 4 aromatic rings. The Hall–Kier alpha value is -3.05. The largest absolute Gasteiger partial charge is 0.489 e. The summed E-state index contributed by atoms with van der Waals surface area (Å²) >= 11 is 5.89. The van der Waals surface area contributed by atoms with Gasteiger partial charge in [0, 0.05) is 30.8 Å².